The standard InChI is InChI=1S/C16H22ClN3.C7H14.C3H4N2S/c1-4-12(2)7-8-20-15-6-5-14(17)9-13(15)10-19(3)11-16(20)18;1-7-5-3-2-4-6-7;1-3-5-4-2-6-3/h5-9,12,18H,4,10-11H2,1-3H3;7H,2-6H2,1H3;2H,1H3/b8-7+,18-16?;;. The number of nitrogens with one attached hydrogen (secondary N) is 1. The molecule has 0 radical (unpaired) electrons. The van der Waals surface area contributed by atoms with Crippen LogP contribution in [0.25, 0.3) is 0 Å². The van der Waals surface area contributed by atoms with E-state index in [1.54, 1.807) is 16.8 Å². The normalized spacial score (nSPS) is 18.0. The van der Waals surface area contributed by atoms with Gasteiger partial charge in [0.05, 0.1) is 12.2 Å². The molecule has 1 N–H and O–H groups in total. The molecule has 1 atom stereocenters. The highest BCUT2D eigenvalue weighted by Gasteiger charge is 2.21. The average Bonchev–Trinajstić information content (AvgIpc) is 3.22. The monoisotopic (exact) mass is 489 g/mol. The zero-order valence-electron chi connectivity index (χ0n) is 20.9. The number of amidine groups is 1. The van der Waals surface area contributed by atoms with E-state index in [9.17, 15) is 0 Å². The van der Waals surface area contributed by atoms with Gasteiger partial charge in [0.15, 0.2) is 0 Å². The van der Waals surface area contributed by atoms with Crippen LogP contribution in [0.2, 0.25) is 5.02 Å². The van der Waals surface area contributed by atoms with E-state index in [1.807, 2.05) is 43.3 Å². The van der Waals surface area contributed by atoms with E-state index >= 15 is 0 Å². The van der Waals surface area contributed by atoms with Crippen molar-refractivity contribution in [2.75, 3.05) is 18.5 Å². The Morgan fingerprint density at radius 2 is 1.97 bits per heavy atom. The predicted octanol–water partition coefficient (Wildman–Crippen LogP) is 7.56. The number of anilines is 1. The third-order valence-corrected chi connectivity index (χ3v) is 6.88. The van der Waals surface area contributed by atoms with Crippen LogP contribution in [0.15, 0.2) is 36.0 Å². The van der Waals surface area contributed by atoms with Crippen molar-refractivity contribution >= 4 is 34.5 Å². The molecule has 1 unspecified atom stereocenters. The van der Waals surface area contributed by atoms with Crippen molar-refractivity contribution in [2.24, 2.45) is 11.8 Å². The number of allylic oxidation sites excluding steroid dienone is 1. The Bertz CT molecular complexity index is 862. The first-order valence-corrected chi connectivity index (χ1v) is 13.3. The number of benzene rings is 1. The molecule has 1 fully saturated rings. The third kappa shape index (κ3) is 9.95. The van der Waals surface area contributed by atoms with Gasteiger partial charge in [-0.25, -0.2) is 0 Å². The lowest BCUT2D eigenvalue weighted by atomic mass is 9.91. The molecule has 1 aliphatic heterocycles. The minimum absolute atomic E-state index is 0.513. The van der Waals surface area contributed by atoms with E-state index in [4.69, 9.17) is 17.0 Å². The van der Waals surface area contributed by atoms with E-state index in [0.29, 0.717) is 18.3 Å². The third-order valence-electron chi connectivity index (χ3n) is 6.02. The number of nitrogens with zero attached hydrogens (tertiary/aromatic N) is 4. The molecule has 7 heteroatoms. The van der Waals surface area contributed by atoms with Gasteiger partial charge >= 0.3 is 0 Å². The van der Waals surface area contributed by atoms with Gasteiger partial charge in [0.2, 0.25) is 0 Å². The second-order valence-corrected chi connectivity index (χ2v) is 10.7. The maximum absolute atomic E-state index is 8.30. The Morgan fingerprint density at radius 1 is 1.24 bits per heavy atom. The maximum atomic E-state index is 8.30. The van der Waals surface area contributed by atoms with E-state index in [0.717, 1.165) is 40.2 Å². The largest absolute Gasteiger partial charge is 0.305 e. The topological polar surface area (TPSA) is 56.1 Å². The Balaban J connectivity index is 0.000000239. The molecule has 2 heterocycles. The number of aryl methyl sites for hydroxylation is 1. The number of rotatable bonds is 3. The first-order chi connectivity index (χ1) is 15.8. The lowest BCUT2D eigenvalue weighted by molar-refractivity contribution is 0.376. The van der Waals surface area contributed by atoms with Gasteiger partial charge in [-0.15, -0.1) is 21.5 Å². The maximum Gasteiger partial charge on any atom is 0.119 e. The number of halogens is 1. The highest BCUT2D eigenvalue weighted by Crippen LogP contribution is 2.28. The number of hydrogen-bond acceptors (Lipinski definition) is 5. The summed E-state index contributed by atoms with van der Waals surface area (Å²) in [7, 11) is 2.03. The number of aromatic nitrogens is 2. The van der Waals surface area contributed by atoms with E-state index < -0.39 is 0 Å². The summed E-state index contributed by atoms with van der Waals surface area (Å²) in [6.45, 7) is 10.1. The van der Waals surface area contributed by atoms with Crippen molar-refractivity contribution in [1.29, 1.82) is 5.41 Å². The minimum Gasteiger partial charge on any atom is -0.305 e. The lowest BCUT2D eigenvalue weighted by Gasteiger charge is -2.21. The SMILES string of the molecule is CC1CCCCC1.CCC(C)/C=C/N1C(=N)CN(C)Cc2cc(Cl)ccc21.Cc1nncs1. The van der Waals surface area contributed by atoms with Crippen LogP contribution in [-0.4, -0.2) is 34.5 Å². The first-order valence-electron chi connectivity index (χ1n) is 12.0. The van der Waals surface area contributed by atoms with Crippen LogP contribution >= 0.6 is 22.9 Å². The van der Waals surface area contributed by atoms with Crippen LogP contribution in [0.1, 0.15) is 69.9 Å². The highest BCUT2D eigenvalue weighted by molar-refractivity contribution is 7.09. The summed E-state index contributed by atoms with van der Waals surface area (Å²) in [6, 6.07) is 5.89. The highest BCUT2D eigenvalue weighted by atomic mass is 35.5. The van der Waals surface area contributed by atoms with E-state index in [1.165, 1.54) is 32.1 Å². The van der Waals surface area contributed by atoms with Crippen LogP contribution in [0, 0.1) is 24.2 Å². The molecule has 0 saturated heterocycles. The summed E-state index contributed by atoms with van der Waals surface area (Å²) in [4.78, 5) is 4.11. The van der Waals surface area contributed by atoms with Crippen molar-refractivity contribution in [2.45, 2.75) is 72.8 Å². The zero-order valence-corrected chi connectivity index (χ0v) is 22.4. The molecule has 1 saturated carbocycles. The van der Waals surface area contributed by atoms with Crippen LogP contribution in [0.5, 0.6) is 0 Å². The average molecular weight is 490 g/mol. The Labute approximate surface area is 209 Å². The molecule has 5 nitrogen and oxygen atoms in total. The fraction of sp³-hybridized carbons (Fsp3) is 0.577. The van der Waals surface area contributed by atoms with E-state index in [-0.39, 0.29) is 0 Å². The predicted molar refractivity (Wildman–Crippen MR) is 143 cm³/mol. The van der Waals surface area contributed by atoms with Gasteiger partial charge in [-0.1, -0.05) is 77.0 Å². The fourth-order valence-electron chi connectivity index (χ4n) is 3.81. The number of fused-ring (bicyclic) bond motifs is 1. The quantitative estimate of drug-likeness (QED) is 0.483. The van der Waals surface area contributed by atoms with Crippen molar-refractivity contribution in [1.82, 2.24) is 15.1 Å². The van der Waals surface area contributed by atoms with Crippen molar-refractivity contribution in [3.63, 3.8) is 0 Å². The van der Waals surface area contributed by atoms with Crippen LogP contribution < -0.4 is 4.90 Å². The molecule has 33 heavy (non-hydrogen) atoms. The molecule has 2 aromatic rings. The van der Waals surface area contributed by atoms with E-state index in [2.05, 4.69) is 41.9 Å². The molecule has 0 amide bonds. The molecule has 1 aromatic carbocycles. The van der Waals surface area contributed by atoms with Crippen LogP contribution in [0.3, 0.4) is 0 Å². The fourth-order valence-corrected chi connectivity index (χ4v) is 4.35. The number of hydrogen-bond donors (Lipinski definition) is 1. The molecule has 1 aromatic heterocycles. The van der Waals surface area contributed by atoms with Gasteiger partial charge in [-0.05, 0) is 49.6 Å². The minimum atomic E-state index is 0.513. The van der Waals surface area contributed by atoms with Gasteiger partial charge in [-0.2, -0.15) is 0 Å². The molecule has 2 aliphatic rings. The Kier molecular flexibility index (Phi) is 12.1. The van der Waals surface area contributed by atoms with Crippen molar-refractivity contribution in [3.8, 4) is 0 Å². The molecule has 0 bridgehead atoms. The number of likely N-dealkylation sites (N-methyl/N-ethyl adjacent to an activating group) is 1. The zero-order chi connectivity index (χ0) is 24.2. The Morgan fingerprint density at radius 3 is 2.48 bits per heavy atom. The van der Waals surface area contributed by atoms with Gasteiger partial charge in [0.25, 0.3) is 0 Å². The second kappa shape index (κ2) is 14.5. The summed E-state index contributed by atoms with van der Waals surface area (Å²) < 4.78 is 0. The summed E-state index contributed by atoms with van der Waals surface area (Å²) >= 11 is 7.66. The summed E-state index contributed by atoms with van der Waals surface area (Å²) in [5.74, 6) is 2.14. The van der Waals surface area contributed by atoms with Gasteiger partial charge in [0.1, 0.15) is 16.4 Å². The molecular weight excluding hydrogens is 450 g/mol. The molecule has 1 aliphatic carbocycles. The van der Waals surface area contributed by atoms with Crippen molar-refractivity contribution < 1.29 is 0 Å². The van der Waals surface area contributed by atoms with Crippen LogP contribution in [0.4, 0.5) is 5.69 Å². The molecule has 182 valence electrons. The summed E-state index contributed by atoms with van der Waals surface area (Å²) in [5.41, 5.74) is 3.94. The van der Waals surface area contributed by atoms with Crippen molar-refractivity contribution in [3.05, 3.63) is 51.6 Å². The molecule has 0 spiro atoms. The molecular formula is C26H40ClN5S. The summed E-state index contributed by atoms with van der Waals surface area (Å²) in [5, 5.41) is 17.3. The van der Waals surface area contributed by atoms with Crippen LogP contribution in [-0.2, 0) is 6.54 Å². The van der Waals surface area contributed by atoms with Gasteiger partial charge < -0.3 is 4.90 Å². The first kappa shape index (κ1) is 27.5. The smallest absolute Gasteiger partial charge is 0.119 e. The lowest BCUT2D eigenvalue weighted by Crippen LogP contribution is -2.32. The van der Waals surface area contributed by atoms with Gasteiger partial charge in [0, 0.05) is 17.8 Å². The summed E-state index contributed by atoms with van der Waals surface area (Å²) in [6.07, 6.45) is 12.7. The molecule has 4 rings (SSSR count). The second-order valence-electron chi connectivity index (χ2n) is 9.19. The Hall–Kier alpha value is -1.76. The van der Waals surface area contributed by atoms with Gasteiger partial charge in [-0.3, -0.25) is 10.3 Å².